The summed E-state index contributed by atoms with van der Waals surface area (Å²) in [4.78, 5) is 32.4. The lowest BCUT2D eigenvalue weighted by molar-refractivity contribution is 0.0592. The van der Waals surface area contributed by atoms with Gasteiger partial charge in [0.25, 0.3) is 11.5 Å². The summed E-state index contributed by atoms with van der Waals surface area (Å²) in [6.45, 7) is 4.40. The zero-order valence-electron chi connectivity index (χ0n) is 15.6. The van der Waals surface area contributed by atoms with E-state index in [2.05, 4.69) is 29.1 Å². The Bertz CT molecular complexity index is 792. The number of likely N-dealkylation sites (tertiary alicyclic amines) is 1. The summed E-state index contributed by atoms with van der Waals surface area (Å²) in [6, 6.07) is 13.8. The predicted octanol–water partition coefficient (Wildman–Crippen LogP) is 2.46. The Morgan fingerprint density at radius 3 is 2.50 bits per heavy atom. The van der Waals surface area contributed by atoms with Gasteiger partial charge < -0.3 is 14.8 Å². The van der Waals surface area contributed by atoms with E-state index >= 15 is 0 Å². The fourth-order valence-electron chi connectivity index (χ4n) is 3.55. The molecule has 1 N–H and O–H groups in total. The molecule has 0 aliphatic carbocycles. The maximum atomic E-state index is 13.2. The number of hydrogen-bond acceptors (Lipinski definition) is 3. The van der Waals surface area contributed by atoms with E-state index < -0.39 is 0 Å². The van der Waals surface area contributed by atoms with E-state index in [1.165, 1.54) is 5.56 Å². The van der Waals surface area contributed by atoms with Crippen LogP contribution in [0.15, 0.2) is 47.3 Å². The molecule has 1 aliphatic rings. The Morgan fingerprint density at radius 2 is 1.85 bits per heavy atom. The topological polar surface area (TPSA) is 56.4 Å². The van der Waals surface area contributed by atoms with Crippen LogP contribution in [-0.4, -0.2) is 53.4 Å². The first-order valence-corrected chi connectivity index (χ1v) is 9.28. The van der Waals surface area contributed by atoms with Gasteiger partial charge in [0.1, 0.15) is 5.56 Å². The largest absolute Gasteiger partial charge is 0.335 e. The Labute approximate surface area is 154 Å². The van der Waals surface area contributed by atoms with E-state index in [9.17, 15) is 9.59 Å². The second-order valence-electron chi connectivity index (χ2n) is 7.15. The van der Waals surface area contributed by atoms with Crippen molar-refractivity contribution in [2.75, 3.05) is 26.7 Å². The lowest BCUT2D eigenvalue weighted by Crippen LogP contribution is -2.48. The normalized spacial score (nSPS) is 15.8. The number of carbonyl (C=O) groups is 1. The monoisotopic (exact) mass is 353 g/mol. The second-order valence-corrected chi connectivity index (χ2v) is 7.15. The van der Waals surface area contributed by atoms with Crippen molar-refractivity contribution in [2.45, 2.75) is 32.2 Å². The van der Waals surface area contributed by atoms with Crippen molar-refractivity contribution in [3.05, 3.63) is 69.6 Å². The molecule has 1 fully saturated rings. The smallest absolute Gasteiger partial charge is 0.260 e. The summed E-state index contributed by atoms with van der Waals surface area (Å²) in [6.07, 6.45) is 2.68. The molecule has 1 aromatic carbocycles. The molecule has 1 amide bonds. The molecule has 26 heavy (non-hydrogen) atoms. The number of carbonyl (C=O) groups excluding carboxylic acids is 1. The number of hydrogen-bond donors (Lipinski definition) is 1. The number of H-pyrrole nitrogens is 1. The minimum atomic E-state index is -0.298. The second kappa shape index (κ2) is 8.32. The van der Waals surface area contributed by atoms with Crippen molar-refractivity contribution in [2.24, 2.45) is 0 Å². The number of aromatic amines is 1. The van der Waals surface area contributed by atoms with Gasteiger partial charge in [0, 0.05) is 18.3 Å². The van der Waals surface area contributed by atoms with E-state index in [1.54, 1.807) is 12.1 Å². The van der Waals surface area contributed by atoms with Crippen molar-refractivity contribution < 1.29 is 4.79 Å². The quantitative estimate of drug-likeness (QED) is 0.898. The number of nitrogens with one attached hydrogen (secondary N) is 1. The molecule has 0 bridgehead atoms. The lowest BCUT2D eigenvalue weighted by Gasteiger charge is -2.37. The van der Waals surface area contributed by atoms with Crippen LogP contribution in [0, 0.1) is 6.92 Å². The first-order chi connectivity index (χ1) is 12.5. The van der Waals surface area contributed by atoms with Crippen molar-refractivity contribution in [3.63, 3.8) is 0 Å². The summed E-state index contributed by atoms with van der Waals surface area (Å²) in [5.74, 6) is -0.156. The molecule has 2 aromatic rings. The highest BCUT2D eigenvalue weighted by atomic mass is 16.2. The van der Waals surface area contributed by atoms with Crippen LogP contribution in [0.2, 0.25) is 0 Å². The van der Waals surface area contributed by atoms with Gasteiger partial charge in [0.15, 0.2) is 0 Å². The van der Waals surface area contributed by atoms with Gasteiger partial charge in [0.05, 0.1) is 0 Å². The zero-order valence-corrected chi connectivity index (χ0v) is 15.6. The van der Waals surface area contributed by atoms with Crippen LogP contribution in [0.5, 0.6) is 0 Å². The number of nitrogens with zero attached hydrogens (tertiary/aromatic N) is 2. The van der Waals surface area contributed by atoms with E-state index in [0.717, 1.165) is 38.0 Å². The molecule has 0 saturated carbocycles. The Morgan fingerprint density at radius 1 is 1.15 bits per heavy atom. The van der Waals surface area contributed by atoms with Gasteiger partial charge in [-0.15, -0.1) is 0 Å². The van der Waals surface area contributed by atoms with Crippen molar-refractivity contribution in [1.82, 2.24) is 14.8 Å². The van der Waals surface area contributed by atoms with Gasteiger partial charge in [-0.2, -0.15) is 0 Å². The Kier molecular flexibility index (Phi) is 5.89. The molecule has 0 unspecified atom stereocenters. The highest BCUT2D eigenvalue weighted by Gasteiger charge is 2.28. The Balaban J connectivity index is 1.81. The van der Waals surface area contributed by atoms with E-state index in [4.69, 9.17) is 0 Å². The van der Waals surface area contributed by atoms with Crippen LogP contribution in [0.1, 0.15) is 34.5 Å². The molecular formula is C21H27N3O2. The number of aromatic nitrogens is 1. The van der Waals surface area contributed by atoms with Gasteiger partial charge in [-0.25, -0.2) is 0 Å². The first kappa shape index (κ1) is 18.4. The molecule has 0 radical (unpaired) electrons. The third-order valence-corrected chi connectivity index (χ3v) is 5.16. The number of rotatable bonds is 5. The minimum absolute atomic E-state index is 0.156. The standard InChI is InChI=1S/C21H27N3O2/c1-16-8-9-19(20(25)22-16)21(26)24(18-11-13-23(2)14-12-18)15-10-17-6-4-3-5-7-17/h3-9,18H,10-15H2,1-2H3,(H,22,25). The number of aryl methyl sites for hydroxylation is 1. The van der Waals surface area contributed by atoms with E-state index in [1.807, 2.05) is 30.0 Å². The van der Waals surface area contributed by atoms with Crippen molar-refractivity contribution >= 4 is 5.91 Å². The number of pyridine rings is 1. The maximum Gasteiger partial charge on any atom is 0.260 e. The molecule has 3 rings (SSSR count). The molecule has 5 heteroatoms. The van der Waals surface area contributed by atoms with Gasteiger partial charge in [-0.3, -0.25) is 9.59 Å². The molecule has 1 saturated heterocycles. The van der Waals surface area contributed by atoms with Crippen LogP contribution < -0.4 is 5.56 Å². The summed E-state index contributed by atoms with van der Waals surface area (Å²) < 4.78 is 0. The molecule has 2 heterocycles. The van der Waals surface area contributed by atoms with E-state index in [0.29, 0.717) is 6.54 Å². The number of piperidine rings is 1. The third-order valence-electron chi connectivity index (χ3n) is 5.16. The maximum absolute atomic E-state index is 13.2. The van der Waals surface area contributed by atoms with Crippen molar-refractivity contribution in [1.29, 1.82) is 0 Å². The number of amides is 1. The molecule has 1 aliphatic heterocycles. The highest BCUT2D eigenvalue weighted by Crippen LogP contribution is 2.18. The molecule has 1 aromatic heterocycles. The summed E-state index contributed by atoms with van der Waals surface area (Å²) in [5.41, 5.74) is 1.91. The van der Waals surface area contributed by atoms with Crippen LogP contribution in [-0.2, 0) is 6.42 Å². The summed E-state index contributed by atoms with van der Waals surface area (Å²) in [5, 5.41) is 0. The lowest BCUT2D eigenvalue weighted by atomic mass is 10.0. The summed E-state index contributed by atoms with van der Waals surface area (Å²) in [7, 11) is 2.11. The van der Waals surface area contributed by atoms with E-state index in [-0.39, 0.29) is 23.1 Å². The summed E-state index contributed by atoms with van der Waals surface area (Å²) >= 11 is 0. The molecule has 138 valence electrons. The molecule has 5 nitrogen and oxygen atoms in total. The fraction of sp³-hybridized carbons (Fsp3) is 0.429. The Hall–Kier alpha value is -2.40. The van der Waals surface area contributed by atoms with Crippen LogP contribution in [0.4, 0.5) is 0 Å². The average molecular weight is 353 g/mol. The van der Waals surface area contributed by atoms with Crippen molar-refractivity contribution in [3.8, 4) is 0 Å². The minimum Gasteiger partial charge on any atom is -0.335 e. The van der Waals surface area contributed by atoms with Crippen LogP contribution in [0.3, 0.4) is 0 Å². The highest BCUT2D eigenvalue weighted by molar-refractivity contribution is 5.94. The third kappa shape index (κ3) is 4.41. The molecule has 0 atom stereocenters. The fourth-order valence-corrected chi connectivity index (χ4v) is 3.55. The SMILES string of the molecule is Cc1ccc(C(=O)N(CCc2ccccc2)C2CCN(C)CC2)c(=O)[nH]1. The van der Waals surface area contributed by atoms with Crippen LogP contribution in [0.25, 0.3) is 0 Å². The average Bonchev–Trinajstić information content (AvgIpc) is 2.64. The number of benzene rings is 1. The van der Waals surface area contributed by atoms with Gasteiger partial charge in [0.2, 0.25) is 0 Å². The van der Waals surface area contributed by atoms with Gasteiger partial charge >= 0.3 is 0 Å². The van der Waals surface area contributed by atoms with Gasteiger partial charge in [-0.1, -0.05) is 30.3 Å². The van der Waals surface area contributed by atoms with Gasteiger partial charge in [-0.05, 0) is 64.0 Å². The first-order valence-electron chi connectivity index (χ1n) is 9.28. The molecule has 0 spiro atoms. The predicted molar refractivity (Wildman–Crippen MR) is 104 cm³/mol. The zero-order chi connectivity index (χ0) is 18.5. The van der Waals surface area contributed by atoms with Crippen LogP contribution >= 0.6 is 0 Å². The molecular weight excluding hydrogens is 326 g/mol.